The molecule has 25 heavy (non-hydrogen) atoms. The Morgan fingerprint density at radius 2 is 1.56 bits per heavy atom. The SMILES string of the molecule is Cc1cccnc1Oc1cccc(CO)c1.OCc1cccc(O)c1. The molecule has 0 amide bonds. The zero-order chi connectivity index (χ0) is 18.1. The summed E-state index contributed by atoms with van der Waals surface area (Å²) in [5.74, 6) is 1.48. The van der Waals surface area contributed by atoms with Gasteiger partial charge in [0.25, 0.3) is 0 Å². The summed E-state index contributed by atoms with van der Waals surface area (Å²) in [4.78, 5) is 4.14. The number of aromatic hydroxyl groups is 1. The molecule has 0 bridgehead atoms. The average molecular weight is 339 g/mol. The predicted molar refractivity (Wildman–Crippen MR) is 95.4 cm³/mol. The highest BCUT2D eigenvalue weighted by atomic mass is 16.5. The zero-order valence-electron chi connectivity index (χ0n) is 14.0. The van der Waals surface area contributed by atoms with Gasteiger partial charge in [-0.3, -0.25) is 0 Å². The summed E-state index contributed by atoms with van der Waals surface area (Å²) < 4.78 is 5.63. The molecule has 0 spiro atoms. The normalized spacial score (nSPS) is 9.88. The lowest BCUT2D eigenvalue weighted by atomic mass is 10.2. The van der Waals surface area contributed by atoms with Crippen LogP contribution >= 0.6 is 0 Å². The fourth-order valence-electron chi connectivity index (χ4n) is 2.05. The van der Waals surface area contributed by atoms with Crippen molar-refractivity contribution in [2.75, 3.05) is 0 Å². The zero-order valence-corrected chi connectivity index (χ0v) is 14.0. The molecular weight excluding hydrogens is 318 g/mol. The number of ether oxygens (including phenoxy) is 1. The Balaban J connectivity index is 0.000000212. The first-order valence-corrected chi connectivity index (χ1v) is 7.80. The summed E-state index contributed by atoms with van der Waals surface area (Å²) in [5.41, 5.74) is 2.54. The van der Waals surface area contributed by atoms with E-state index in [0.29, 0.717) is 11.6 Å². The molecule has 0 saturated carbocycles. The van der Waals surface area contributed by atoms with Crippen LogP contribution in [0.15, 0.2) is 66.9 Å². The lowest BCUT2D eigenvalue weighted by Crippen LogP contribution is -1.91. The third-order valence-electron chi connectivity index (χ3n) is 3.35. The van der Waals surface area contributed by atoms with Crippen molar-refractivity contribution in [1.82, 2.24) is 4.98 Å². The second kappa shape index (κ2) is 9.42. The maximum Gasteiger partial charge on any atom is 0.222 e. The van der Waals surface area contributed by atoms with Crippen LogP contribution in [0.3, 0.4) is 0 Å². The number of aryl methyl sites for hydroxylation is 1. The largest absolute Gasteiger partial charge is 0.508 e. The molecule has 3 N–H and O–H groups in total. The number of nitrogens with zero attached hydrogens (tertiary/aromatic N) is 1. The van der Waals surface area contributed by atoms with E-state index in [9.17, 15) is 0 Å². The molecule has 0 saturated heterocycles. The molecule has 0 aliphatic heterocycles. The van der Waals surface area contributed by atoms with Crippen molar-refractivity contribution in [3.05, 3.63) is 83.6 Å². The molecule has 5 nitrogen and oxygen atoms in total. The van der Waals surface area contributed by atoms with Crippen molar-refractivity contribution in [1.29, 1.82) is 0 Å². The molecule has 0 atom stereocenters. The maximum atomic E-state index is 9.01. The summed E-state index contributed by atoms with van der Waals surface area (Å²) >= 11 is 0. The van der Waals surface area contributed by atoms with Gasteiger partial charge < -0.3 is 20.1 Å². The van der Waals surface area contributed by atoms with Crippen LogP contribution < -0.4 is 4.74 Å². The molecule has 1 heterocycles. The lowest BCUT2D eigenvalue weighted by molar-refractivity contribution is 0.281. The van der Waals surface area contributed by atoms with Crippen LogP contribution in [0, 0.1) is 6.92 Å². The molecular formula is C20H21NO4. The fraction of sp³-hybridized carbons (Fsp3) is 0.150. The van der Waals surface area contributed by atoms with Gasteiger partial charge in [0.1, 0.15) is 11.5 Å². The predicted octanol–water partition coefficient (Wildman–Crippen LogP) is 3.56. The van der Waals surface area contributed by atoms with E-state index in [1.807, 2.05) is 37.3 Å². The van der Waals surface area contributed by atoms with Crippen LogP contribution in [0.1, 0.15) is 16.7 Å². The number of benzene rings is 2. The van der Waals surface area contributed by atoms with Gasteiger partial charge in [-0.15, -0.1) is 0 Å². The molecule has 0 unspecified atom stereocenters. The minimum absolute atomic E-state index is 0.0123. The van der Waals surface area contributed by atoms with Crippen LogP contribution in [0.2, 0.25) is 0 Å². The molecule has 0 aliphatic rings. The van der Waals surface area contributed by atoms with Gasteiger partial charge in [0.15, 0.2) is 0 Å². The van der Waals surface area contributed by atoms with Crippen LogP contribution in [0.25, 0.3) is 0 Å². The van der Waals surface area contributed by atoms with E-state index >= 15 is 0 Å². The van der Waals surface area contributed by atoms with Crippen LogP contribution in [0.4, 0.5) is 0 Å². The molecule has 2 aromatic carbocycles. The van der Waals surface area contributed by atoms with Gasteiger partial charge in [-0.05, 0) is 48.4 Å². The van der Waals surface area contributed by atoms with Gasteiger partial charge in [0.2, 0.25) is 5.88 Å². The number of pyridine rings is 1. The fourth-order valence-corrected chi connectivity index (χ4v) is 2.05. The Morgan fingerprint density at radius 1 is 0.880 bits per heavy atom. The van der Waals surface area contributed by atoms with Gasteiger partial charge in [0.05, 0.1) is 13.2 Å². The van der Waals surface area contributed by atoms with Gasteiger partial charge in [-0.2, -0.15) is 0 Å². The van der Waals surface area contributed by atoms with E-state index < -0.39 is 0 Å². The summed E-state index contributed by atoms with van der Waals surface area (Å²) in [7, 11) is 0. The van der Waals surface area contributed by atoms with Crippen molar-refractivity contribution in [2.24, 2.45) is 0 Å². The third kappa shape index (κ3) is 5.91. The highest BCUT2D eigenvalue weighted by Crippen LogP contribution is 2.22. The quantitative estimate of drug-likeness (QED) is 0.677. The van der Waals surface area contributed by atoms with Gasteiger partial charge >= 0.3 is 0 Å². The minimum Gasteiger partial charge on any atom is -0.508 e. The molecule has 5 heteroatoms. The average Bonchev–Trinajstić information content (AvgIpc) is 2.64. The Hall–Kier alpha value is -2.89. The minimum atomic E-state index is -0.0194. The molecule has 0 aliphatic carbocycles. The summed E-state index contributed by atoms with van der Waals surface area (Å²) in [6.45, 7) is 1.94. The van der Waals surface area contributed by atoms with Crippen molar-refractivity contribution in [2.45, 2.75) is 20.1 Å². The second-order valence-corrected chi connectivity index (χ2v) is 5.36. The van der Waals surface area contributed by atoms with Gasteiger partial charge in [-0.25, -0.2) is 4.98 Å². The van der Waals surface area contributed by atoms with Gasteiger partial charge in [0, 0.05) is 11.8 Å². The van der Waals surface area contributed by atoms with E-state index in [4.69, 9.17) is 20.1 Å². The number of aromatic nitrogens is 1. The molecule has 0 fully saturated rings. The van der Waals surface area contributed by atoms with E-state index in [2.05, 4.69) is 4.98 Å². The molecule has 130 valence electrons. The number of hydrogen-bond donors (Lipinski definition) is 3. The first kappa shape index (κ1) is 18.4. The number of phenolic OH excluding ortho intramolecular Hbond substituents is 1. The van der Waals surface area contributed by atoms with E-state index in [1.54, 1.807) is 30.5 Å². The maximum absolute atomic E-state index is 9.01. The van der Waals surface area contributed by atoms with Crippen molar-refractivity contribution < 1.29 is 20.1 Å². The van der Waals surface area contributed by atoms with Gasteiger partial charge in [-0.1, -0.05) is 30.3 Å². The summed E-state index contributed by atoms with van der Waals surface area (Å²) in [5, 5.41) is 26.4. The summed E-state index contributed by atoms with van der Waals surface area (Å²) in [6.07, 6.45) is 1.69. The first-order chi connectivity index (χ1) is 12.1. The number of phenols is 1. The van der Waals surface area contributed by atoms with Crippen LogP contribution in [-0.4, -0.2) is 20.3 Å². The Bertz CT molecular complexity index is 805. The first-order valence-electron chi connectivity index (χ1n) is 7.80. The Kier molecular flexibility index (Phi) is 6.95. The molecule has 0 radical (unpaired) electrons. The molecule has 1 aromatic heterocycles. The van der Waals surface area contributed by atoms with Crippen LogP contribution in [-0.2, 0) is 13.2 Å². The Labute approximate surface area is 146 Å². The molecule has 3 rings (SSSR count). The van der Waals surface area contributed by atoms with E-state index in [-0.39, 0.29) is 19.0 Å². The van der Waals surface area contributed by atoms with Crippen molar-refractivity contribution in [3.8, 4) is 17.4 Å². The number of rotatable bonds is 4. The van der Waals surface area contributed by atoms with E-state index in [0.717, 1.165) is 16.7 Å². The van der Waals surface area contributed by atoms with Crippen molar-refractivity contribution >= 4 is 0 Å². The number of aliphatic hydroxyl groups is 2. The standard InChI is InChI=1S/C13H13NO2.C7H8O2/c1-10-4-3-7-14-13(10)16-12-6-2-5-11(8-12)9-15;8-5-6-2-1-3-7(9)4-6/h2-8,15H,9H2,1H3;1-4,8-9H,5H2. The lowest BCUT2D eigenvalue weighted by Gasteiger charge is -2.07. The smallest absolute Gasteiger partial charge is 0.222 e. The highest BCUT2D eigenvalue weighted by Gasteiger charge is 2.02. The highest BCUT2D eigenvalue weighted by molar-refractivity contribution is 5.33. The van der Waals surface area contributed by atoms with Crippen molar-refractivity contribution in [3.63, 3.8) is 0 Å². The topological polar surface area (TPSA) is 82.8 Å². The van der Waals surface area contributed by atoms with E-state index in [1.165, 1.54) is 6.07 Å². The molecule has 3 aromatic rings. The monoisotopic (exact) mass is 339 g/mol. The number of aliphatic hydroxyl groups excluding tert-OH is 2. The number of hydrogen-bond acceptors (Lipinski definition) is 5. The second-order valence-electron chi connectivity index (χ2n) is 5.36. The summed E-state index contributed by atoms with van der Waals surface area (Å²) in [6, 6.07) is 17.7. The third-order valence-corrected chi connectivity index (χ3v) is 3.35. The van der Waals surface area contributed by atoms with Crippen LogP contribution in [0.5, 0.6) is 17.4 Å². The Morgan fingerprint density at radius 3 is 2.16 bits per heavy atom.